The molecule has 17 heavy (non-hydrogen) atoms. The van der Waals surface area contributed by atoms with Gasteiger partial charge >= 0.3 is 0 Å². The largest absolute Gasteiger partial charge is 0.344 e. The summed E-state index contributed by atoms with van der Waals surface area (Å²) >= 11 is 1.86. The van der Waals surface area contributed by atoms with Crippen molar-refractivity contribution in [1.82, 2.24) is 10.3 Å². The van der Waals surface area contributed by atoms with E-state index >= 15 is 0 Å². The fourth-order valence-electron chi connectivity index (χ4n) is 2.50. The highest BCUT2D eigenvalue weighted by Crippen LogP contribution is 2.35. The molecular weight excluding hydrogens is 230 g/mol. The van der Waals surface area contributed by atoms with E-state index in [0.717, 1.165) is 12.6 Å². The summed E-state index contributed by atoms with van der Waals surface area (Å²) < 4.78 is 0. The van der Waals surface area contributed by atoms with Crippen LogP contribution in [0, 0.1) is 13.8 Å². The molecule has 0 radical (unpaired) electrons. The van der Waals surface area contributed by atoms with Crippen LogP contribution in [-0.2, 0) is 0 Å². The lowest BCUT2D eigenvalue weighted by molar-refractivity contribution is 0.578. The second kappa shape index (κ2) is 4.58. The molecule has 1 atom stereocenters. The third-order valence-corrected chi connectivity index (χ3v) is 4.94. The summed E-state index contributed by atoms with van der Waals surface area (Å²) in [5.74, 6) is 0. The normalized spacial score (nSPS) is 24.2. The van der Waals surface area contributed by atoms with E-state index in [2.05, 4.69) is 24.1 Å². The lowest BCUT2D eigenvalue weighted by Gasteiger charge is -2.25. The van der Waals surface area contributed by atoms with Gasteiger partial charge < -0.3 is 10.2 Å². The molecule has 1 unspecified atom stereocenters. The van der Waals surface area contributed by atoms with Crippen molar-refractivity contribution >= 4 is 16.5 Å². The molecule has 0 bridgehead atoms. The first-order valence-corrected chi connectivity index (χ1v) is 7.50. The average Bonchev–Trinajstić information content (AvgIpc) is 2.91. The lowest BCUT2D eigenvalue weighted by Crippen LogP contribution is -2.38. The van der Waals surface area contributed by atoms with Gasteiger partial charge in [-0.2, -0.15) is 0 Å². The zero-order valence-corrected chi connectivity index (χ0v) is 11.5. The van der Waals surface area contributed by atoms with Crippen LogP contribution in [-0.4, -0.2) is 30.2 Å². The van der Waals surface area contributed by atoms with Crippen LogP contribution in [0.2, 0.25) is 0 Å². The second-order valence-electron chi connectivity index (χ2n) is 5.31. The van der Waals surface area contributed by atoms with E-state index in [1.165, 1.54) is 47.9 Å². The van der Waals surface area contributed by atoms with Gasteiger partial charge in [-0.1, -0.05) is 0 Å². The Kier molecular flexibility index (Phi) is 3.09. The number of hydrogen-bond acceptors (Lipinski definition) is 4. The van der Waals surface area contributed by atoms with Crippen LogP contribution in [0.3, 0.4) is 0 Å². The molecule has 0 amide bonds. The quantitative estimate of drug-likeness (QED) is 0.891. The Bertz CT molecular complexity index is 372. The number of nitrogens with one attached hydrogen (secondary N) is 1. The SMILES string of the molecule is Cc1nc(N(CC2CCCN2)C2CC2)sc1C. The summed E-state index contributed by atoms with van der Waals surface area (Å²) in [7, 11) is 0. The molecule has 2 fully saturated rings. The Morgan fingerprint density at radius 2 is 2.18 bits per heavy atom. The maximum Gasteiger partial charge on any atom is 0.186 e. The van der Waals surface area contributed by atoms with Crippen LogP contribution >= 0.6 is 11.3 Å². The van der Waals surface area contributed by atoms with E-state index in [-0.39, 0.29) is 0 Å². The molecular formula is C13H21N3S. The number of anilines is 1. The highest BCUT2D eigenvalue weighted by molar-refractivity contribution is 7.15. The number of nitrogens with zero attached hydrogens (tertiary/aromatic N) is 2. The summed E-state index contributed by atoms with van der Waals surface area (Å²) in [6.07, 6.45) is 5.36. The zero-order chi connectivity index (χ0) is 11.8. The molecule has 1 aromatic heterocycles. The Morgan fingerprint density at radius 1 is 1.35 bits per heavy atom. The van der Waals surface area contributed by atoms with Crippen molar-refractivity contribution in [3.63, 3.8) is 0 Å². The van der Waals surface area contributed by atoms with E-state index in [9.17, 15) is 0 Å². The fourth-order valence-corrected chi connectivity index (χ4v) is 3.49. The molecule has 1 aliphatic heterocycles. The van der Waals surface area contributed by atoms with Crippen molar-refractivity contribution < 1.29 is 0 Å². The number of rotatable bonds is 4. The highest BCUT2D eigenvalue weighted by Gasteiger charge is 2.33. The second-order valence-corrected chi connectivity index (χ2v) is 6.50. The monoisotopic (exact) mass is 251 g/mol. The van der Waals surface area contributed by atoms with Gasteiger partial charge in [-0.3, -0.25) is 0 Å². The maximum atomic E-state index is 4.73. The van der Waals surface area contributed by atoms with Crippen molar-refractivity contribution in [2.45, 2.75) is 51.6 Å². The average molecular weight is 251 g/mol. The first kappa shape index (κ1) is 11.5. The summed E-state index contributed by atoms with van der Waals surface area (Å²) in [6, 6.07) is 1.45. The van der Waals surface area contributed by atoms with Crippen molar-refractivity contribution in [1.29, 1.82) is 0 Å². The molecule has 3 nitrogen and oxygen atoms in total. The van der Waals surface area contributed by atoms with Gasteiger partial charge in [0.2, 0.25) is 0 Å². The molecule has 1 aliphatic carbocycles. The number of aromatic nitrogens is 1. The minimum Gasteiger partial charge on any atom is -0.344 e. The van der Waals surface area contributed by atoms with E-state index in [4.69, 9.17) is 4.98 Å². The van der Waals surface area contributed by atoms with Gasteiger partial charge in [-0.15, -0.1) is 11.3 Å². The van der Waals surface area contributed by atoms with E-state index in [0.29, 0.717) is 6.04 Å². The Balaban J connectivity index is 1.74. The minimum atomic E-state index is 0.681. The summed E-state index contributed by atoms with van der Waals surface area (Å²) in [6.45, 7) is 6.64. The first-order chi connectivity index (χ1) is 8.24. The number of hydrogen-bond donors (Lipinski definition) is 1. The molecule has 0 spiro atoms. The van der Waals surface area contributed by atoms with E-state index in [1.807, 2.05) is 11.3 Å². The van der Waals surface area contributed by atoms with Crippen LogP contribution < -0.4 is 10.2 Å². The predicted molar refractivity (Wildman–Crippen MR) is 73.0 cm³/mol. The van der Waals surface area contributed by atoms with E-state index in [1.54, 1.807) is 0 Å². The van der Waals surface area contributed by atoms with Gasteiger partial charge in [0.15, 0.2) is 5.13 Å². The van der Waals surface area contributed by atoms with Crippen molar-refractivity contribution in [3.8, 4) is 0 Å². The van der Waals surface area contributed by atoms with Crippen LogP contribution in [0.4, 0.5) is 5.13 Å². The van der Waals surface area contributed by atoms with Gasteiger partial charge in [0, 0.05) is 23.5 Å². The molecule has 2 aliphatic rings. The maximum absolute atomic E-state index is 4.73. The van der Waals surface area contributed by atoms with Crippen molar-refractivity contribution in [2.75, 3.05) is 18.0 Å². The third-order valence-electron chi connectivity index (χ3n) is 3.83. The molecule has 2 heterocycles. The summed E-state index contributed by atoms with van der Waals surface area (Å²) in [5, 5.41) is 4.84. The van der Waals surface area contributed by atoms with Crippen LogP contribution in [0.25, 0.3) is 0 Å². The minimum absolute atomic E-state index is 0.681. The van der Waals surface area contributed by atoms with Crippen LogP contribution in [0.1, 0.15) is 36.3 Å². The number of aryl methyl sites for hydroxylation is 2. The molecule has 4 heteroatoms. The molecule has 1 saturated heterocycles. The first-order valence-electron chi connectivity index (χ1n) is 6.68. The van der Waals surface area contributed by atoms with Crippen molar-refractivity contribution in [3.05, 3.63) is 10.6 Å². The van der Waals surface area contributed by atoms with Crippen LogP contribution in [0.5, 0.6) is 0 Å². The molecule has 94 valence electrons. The van der Waals surface area contributed by atoms with E-state index < -0.39 is 0 Å². The summed E-state index contributed by atoms with van der Waals surface area (Å²) in [4.78, 5) is 8.65. The van der Waals surface area contributed by atoms with Gasteiger partial charge in [-0.05, 0) is 46.1 Å². The third kappa shape index (κ3) is 2.47. The Labute approximate surface area is 107 Å². The standard InChI is InChI=1S/C13H21N3S/c1-9-10(2)17-13(15-9)16(12-5-6-12)8-11-4-3-7-14-11/h11-12,14H,3-8H2,1-2H3. The van der Waals surface area contributed by atoms with Crippen LogP contribution in [0.15, 0.2) is 0 Å². The lowest BCUT2D eigenvalue weighted by atomic mass is 10.2. The van der Waals surface area contributed by atoms with Gasteiger partial charge in [0.05, 0.1) is 5.69 Å². The topological polar surface area (TPSA) is 28.2 Å². The van der Waals surface area contributed by atoms with Gasteiger partial charge in [0.1, 0.15) is 0 Å². The molecule has 1 saturated carbocycles. The summed E-state index contributed by atoms with van der Waals surface area (Å²) in [5.41, 5.74) is 1.20. The van der Waals surface area contributed by atoms with Crippen molar-refractivity contribution in [2.24, 2.45) is 0 Å². The molecule has 3 rings (SSSR count). The molecule has 1 N–H and O–H groups in total. The Morgan fingerprint density at radius 3 is 2.71 bits per heavy atom. The predicted octanol–water partition coefficient (Wildman–Crippen LogP) is 2.48. The Hall–Kier alpha value is -0.610. The highest BCUT2D eigenvalue weighted by atomic mass is 32.1. The fraction of sp³-hybridized carbons (Fsp3) is 0.769. The van der Waals surface area contributed by atoms with Gasteiger partial charge in [-0.25, -0.2) is 4.98 Å². The smallest absolute Gasteiger partial charge is 0.186 e. The van der Waals surface area contributed by atoms with Gasteiger partial charge in [0.25, 0.3) is 0 Å². The molecule has 0 aromatic carbocycles. The zero-order valence-electron chi connectivity index (χ0n) is 10.7. The molecule has 1 aromatic rings. The number of thiazole rings is 1.